The number of hydrogen-bond acceptors (Lipinski definition) is 3. The molecule has 1 aromatic rings. The van der Waals surface area contributed by atoms with E-state index in [1.54, 1.807) is 6.92 Å². The van der Waals surface area contributed by atoms with Crippen molar-refractivity contribution in [3.63, 3.8) is 0 Å². The second kappa shape index (κ2) is 8.77. The van der Waals surface area contributed by atoms with Crippen LogP contribution in [0.15, 0.2) is 24.3 Å². The minimum atomic E-state index is -0.492. The van der Waals surface area contributed by atoms with Crippen LogP contribution in [0.4, 0.5) is 0 Å². The molecule has 1 rings (SSSR count). The first-order valence-corrected chi connectivity index (χ1v) is 6.24. The monoisotopic (exact) mass is 286 g/mol. The van der Waals surface area contributed by atoms with Crippen molar-refractivity contribution in [3.05, 3.63) is 29.8 Å². The molecule has 0 aliphatic heterocycles. The summed E-state index contributed by atoms with van der Waals surface area (Å²) in [5, 5.41) is 2.78. The number of carbonyl (C=O) groups excluding carboxylic acids is 1. The van der Waals surface area contributed by atoms with Gasteiger partial charge in [0.1, 0.15) is 5.75 Å². The largest absolute Gasteiger partial charge is 0.493 e. The summed E-state index contributed by atoms with van der Waals surface area (Å²) < 4.78 is 5.71. The van der Waals surface area contributed by atoms with Crippen LogP contribution in [0.1, 0.15) is 26.3 Å². The van der Waals surface area contributed by atoms with Crippen molar-refractivity contribution < 1.29 is 9.53 Å². The van der Waals surface area contributed by atoms with E-state index in [9.17, 15) is 4.79 Å². The summed E-state index contributed by atoms with van der Waals surface area (Å²) in [6.07, 6.45) is 0. The Bertz CT molecular complexity index is 395. The van der Waals surface area contributed by atoms with Crippen molar-refractivity contribution in [1.29, 1.82) is 0 Å². The van der Waals surface area contributed by atoms with Gasteiger partial charge >= 0.3 is 0 Å². The number of rotatable bonds is 6. The van der Waals surface area contributed by atoms with Crippen molar-refractivity contribution in [2.24, 2.45) is 11.7 Å². The number of nitrogens with two attached hydrogens (primary N) is 1. The molecular formula is C14H23ClN2O2. The van der Waals surface area contributed by atoms with Crippen molar-refractivity contribution >= 4 is 18.3 Å². The van der Waals surface area contributed by atoms with Crippen molar-refractivity contribution in [2.45, 2.75) is 33.4 Å². The van der Waals surface area contributed by atoms with Gasteiger partial charge in [-0.25, -0.2) is 0 Å². The Morgan fingerprint density at radius 2 is 1.95 bits per heavy atom. The van der Waals surface area contributed by atoms with Crippen molar-refractivity contribution in [1.82, 2.24) is 5.32 Å². The molecule has 108 valence electrons. The Labute approximate surface area is 121 Å². The smallest absolute Gasteiger partial charge is 0.236 e. The number of carbonyl (C=O) groups is 1. The molecule has 4 nitrogen and oxygen atoms in total. The van der Waals surface area contributed by atoms with E-state index in [1.165, 1.54) is 0 Å². The van der Waals surface area contributed by atoms with Gasteiger partial charge in [-0.2, -0.15) is 0 Å². The molecule has 0 heterocycles. The van der Waals surface area contributed by atoms with Crippen LogP contribution in [0.25, 0.3) is 0 Å². The predicted octanol–water partition coefficient (Wildman–Crippen LogP) is 2.11. The summed E-state index contributed by atoms with van der Waals surface area (Å²) in [6, 6.07) is 7.21. The first-order chi connectivity index (χ1) is 8.50. The normalized spacial score (nSPS) is 11.6. The quantitative estimate of drug-likeness (QED) is 0.842. The van der Waals surface area contributed by atoms with Gasteiger partial charge in [-0.1, -0.05) is 32.0 Å². The number of para-hydroxylation sites is 1. The zero-order valence-corrected chi connectivity index (χ0v) is 12.5. The van der Waals surface area contributed by atoms with E-state index in [4.69, 9.17) is 10.5 Å². The summed E-state index contributed by atoms with van der Waals surface area (Å²) in [7, 11) is 0. The van der Waals surface area contributed by atoms with Gasteiger partial charge in [0.2, 0.25) is 5.91 Å². The van der Waals surface area contributed by atoms with Crippen molar-refractivity contribution in [2.75, 3.05) is 6.61 Å². The van der Waals surface area contributed by atoms with Crippen LogP contribution in [0.2, 0.25) is 0 Å². The van der Waals surface area contributed by atoms with Gasteiger partial charge in [0, 0.05) is 12.1 Å². The third kappa shape index (κ3) is 6.45. The number of benzene rings is 1. The Hall–Kier alpha value is -1.26. The summed E-state index contributed by atoms with van der Waals surface area (Å²) in [6.45, 7) is 6.96. The topological polar surface area (TPSA) is 64.3 Å². The Morgan fingerprint density at radius 1 is 1.32 bits per heavy atom. The highest BCUT2D eigenvalue weighted by molar-refractivity contribution is 5.85. The van der Waals surface area contributed by atoms with E-state index < -0.39 is 6.04 Å². The lowest BCUT2D eigenvalue weighted by Crippen LogP contribution is -2.37. The lowest BCUT2D eigenvalue weighted by molar-refractivity contribution is -0.122. The fourth-order valence-electron chi connectivity index (χ4n) is 1.39. The van der Waals surface area contributed by atoms with Gasteiger partial charge in [0.15, 0.2) is 0 Å². The van der Waals surface area contributed by atoms with E-state index in [0.717, 1.165) is 11.3 Å². The van der Waals surface area contributed by atoms with E-state index in [-0.39, 0.29) is 18.3 Å². The van der Waals surface area contributed by atoms with Crippen LogP contribution in [0.5, 0.6) is 5.75 Å². The number of ether oxygens (including phenoxy) is 1. The zero-order valence-electron chi connectivity index (χ0n) is 11.7. The number of halogens is 1. The Morgan fingerprint density at radius 3 is 2.53 bits per heavy atom. The SMILES string of the molecule is CC(C)COc1ccccc1CNC(=O)[C@@H](C)N.Cl. The minimum absolute atomic E-state index is 0. The van der Waals surface area contributed by atoms with E-state index in [1.807, 2.05) is 24.3 Å². The van der Waals surface area contributed by atoms with Crippen LogP contribution >= 0.6 is 12.4 Å². The molecule has 0 saturated carbocycles. The highest BCUT2D eigenvalue weighted by Gasteiger charge is 2.09. The molecule has 0 aliphatic rings. The predicted molar refractivity (Wildman–Crippen MR) is 79.5 cm³/mol. The van der Waals surface area contributed by atoms with Crippen LogP contribution in [-0.4, -0.2) is 18.6 Å². The third-order valence-electron chi connectivity index (χ3n) is 2.41. The maximum Gasteiger partial charge on any atom is 0.236 e. The molecule has 0 aromatic heterocycles. The van der Waals surface area contributed by atoms with Gasteiger partial charge in [0.05, 0.1) is 12.6 Å². The molecule has 0 aliphatic carbocycles. The first kappa shape index (κ1) is 17.7. The fourth-order valence-corrected chi connectivity index (χ4v) is 1.39. The van der Waals surface area contributed by atoms with Gasteiger partial charge < -0.3 is 15.8 Å². The Kier molecular flexibility index (Phi) is 8.19. The molecule has 0 unspecified atom stereocenters. The molecule has 0 spiro atoms. The van der Waals surface area contributed by atoms with Gasteiger partial charge in [-0.05, 0) is 18.9 Å². The van der Waals surface area contributed by atoms with E-state index in [0.29, 0.717) is 19.1 Å². The second-order valence-corrected chi connectivity index (χ2v) is 4.82. The average molecular weight is 287 g/mol. The standard InChI is InChI=1S/C14H22N2O2.ClH/c1-10(2)9-18-13-7-5-4-6-12(13)8-16-14(17)11(3)15;/h4-7,10-11H,8-9,15H2,1-3H3,(H,16,17);1H/t11-;/m1./s1. The summed E-state index contributed by atoms with van der Waals surface area (Å²) >= 11 is 0. The van der Waals surface area contributed by atoms with E-state index >= 15 is 0 Å². The van der Waals surface area contributed by atoms with Gasteiger partial charge in [-0.15, -0.1) is 12.4 Å². The van der Waals surface area contributed by atoms with Crippen molar-refractivity contribution in [3.8, 4) is 5.75 Å². The molecule has 3 N–H and O–H groups in total. The summed E-state index contributed by atoms with van der Waals surface area (Å²) in [5.74, 6) is 1.13. The lowest BCUT2D eigenvalue weighted by Gasteiger charge is -2.14. The highest BCUT2D eigenvalue weighted by atomic mass is 35.5. The number of amides is 1. The average Bonchev–Trinajstić information content (AvgIpc) is 2.34. The Balaban J connectivity index is 0.00000324. The van der Waals surface area contributed by atoms with E-state index in [2.05, 4.69) is 19.2 Å². The van der Waals surface area contributed by atoms with Crippen LogP contribution in [0.3, 0.4) is 0 Å². The molecule has 0 saturated heterocycles. The molecule has 19 heavy (non-hydrogen) atoms. The second-order valence-electron chi connectivity index (χ2n) is 4.82. The van der Waals surface area contributed by atoms with Gasteiger partial charge in [0.25, 0.3) is 0 Å². The summed E-state index contributed by atoms with van der Waals surface area (Å²) in [4.78, 5) is 11.4. The molecule has 0 fully saturated rings. The third-order valence-corrected chi connectivity index (χ3v) is 2.41. The minimum Gasteiger partial charge on any atom is -0.493 e. The van der Waals surface area contributed by atoms with Crippen LogP contribution in [-0.2, 0) is 11.3 Å². The molecule has 5 heteroatoms. The first-order valence-electron chi connectivity index (χ1n) is 6.24. The molecular weight excluding hydrogens is 264 g/mol. The molecule has 1 amide bonds. The highest BCUT2D eigenvalue weighted by Crippen LogP contribution is 2.18. The molecule has 1 atom stereocenters. The number of nitrogens with one attached hydrogen (secondary N) is 1. The van der Waals surface area contributed by atoms with Gasteiger partial charge in [-0.3, -0.25) is 4.79 Å². The van der Waals surface area contributed by atoms with Crippen LogP contribution in [0, 0.1) is 5.92 Å². The van der Waals surface area contributed by atoms with Crippen LogP contribution < -0.4 is 15.8 Å². The maximum absolute atomic E-state index is 11.4. The zero-order chi connectivity index (χ0) is 13.5. The number of hydrogen-bond donors (Lipinski definition) is 2. The summed E-state index contributed by atoms with van der Waals surface area (Å²) in [5.41, 5.74) is 6.46. The molecule has 0 bridgehead atoms. The lowest BCUT2D eigenvalue weighted by atomic mass is 10.2. The fraction of sp³-hybridized carbons (Fsp3) is 0.500. The maximum atomic E-state index is 11.4. The molecule has 1 aromatic carbocycles. The molecule has 0 radical (unpaired) electrons.